The highest BCUT2D eigenvalue weighted by Crippen LogP contribution is 2.01. The third kappa shape index (κ3) is 2.04. The summed E-state index contributed by atoms with van der Waals surface area (Å²) in [5.74, 6) is 0.399. The second-order valence-corrected chi connectivity index (χ2v) is 2.49. The lowest BCUT2D eigenvalue weighted by atomic mass is 10.2. The van der Waals surface area contributed by atoms with Crippen molar-refractivity contribution in [2.75, 3.05) is 0 Å². The molecule has 0 saturated carbocycles. The fraction of sp³-hybridized carbons (Fsp3) is 0.250. The maximum absolute atomic E-state index is 11.2. The second-order valence-electron chi connectivity index (χ2n) is 2.49. The molecular formula is C8H10N2O. The number of hydrogen-bond donors (Lipinski definition) is 1. The van der Waals surface area contributed by atoms with Crippen molar-refractivity contribution < 1.29 is 4.79 Å². The largest absolute Gasteiger partial charge is 0.342 e. The van der Waals surface area contributed by atoms with E-state index < -0.39 is 0 Å². The molecule has 1 N–H and O–H groups in total. The number of carbonyl (C=O) groups is 1. The van der Waals surface area contributed by atoms with E-state index >= 15 is 0 Å². The molecule has 0 aliphatic rings. The third-order valence-corrected chi connectivity index (χ3v) is 1.22. The molecule has 0 spiro atoms. The Hall–Kier alpha value is -1.38. The summed E-state index contributed by atoms with van der Waals surface area (Å²) in [6.07, 6.45) is 3.56. The van der Waals surface area contributed by atoms with Crippen LogP contribution in [0.4, 0.5) is 0 Å². The molecule has 3 heteroatoms. The lowest BCUT2D eigenvalue weighted by Gasteiger charge is -1.93. The Bertz CT molecular complexity index is 262. The van der Waals surface area contributed by atoms with Gasteiger partial charge in [0, 0.05) is 18.8 Å². The molecular weight excluding hydrogens is 140 g/mol. The van der Waals surface area contributed by atoms with Gasteiger partial charge < -0.3 is 4.98 Å². The van der Waals surface area contributed by atoms with Gasteiger partial charge in [0.05, 0.1) is 0 Å². The number of rotatable bonds is 3. The van der Waals surface area contributed by atoms with E-state index in [0.29, 0.717) is 12.2 Å². The van der Waals surface area contributed by atoms with Crippen molar-refractivity contribution in [1.82, 2.24) is 9.97 Å². The SMILES string of the molecule is C=C(C)CC(=O)c1ncc[nH]1. The number of Topliss-reactive ketones (excluding diaryl/α,β-unsaturated/α-hetero) is 1. The van der Waals surface area contributed by atoms with Crippen molar-refractivity contribution in [2.24, 2.45) is 0 Å². The van der Waals surface area contributed by atoms with Crippen molar-refractivity contribution in [3.63, 3.8) is 0 Å². The summed E-state index contributed by atoms with van der Waals surface area (Å²) in [7, 11) is 0. The van der Waals surface area contributed by atoms with Gasteiger partial charge in [-0.25, -0.2) is 4.98 Å². The predicted octanol–water partition coefficient (Wildman–Crippen LogP) is 1.56. The Morgan fingerprint density at radius 3 is 3.00 bits per heavy atom. The van der Waals surface area contributed by atoms with E-state index in [-0.39, 0.29) is 5.78 Å². The average molecular weight is 150 g/mol. The first-order valence-electron chi connectivity index (χ1n) is 3.37. The van der Waals surface area contributed by atoms with Gasteiger partial charge in [-0.3, -0.25) is 4.79 Å². The van der Waals surface area contributed by atoms with E-state index in [2.05, 4.69) is 16.5 Å². The molecule has 0 aliphatic heterocycles. The molecule has 1 rings (SSSR count). The molecule has 0 radical (unpaired) electrons. The molecule has 0 unspecified atom stereocenters. The van der Waals surface area contributed by atoms with Gasteiger partial charge in [0.2, 0.25) is 5.78 Å². The topological polar surface area (TPSA) is 45.8 Å². The molecule has 11 heavy (non-hydrogen) atoms. The van der Waals surface area contributed by atoms with Gasteiger partial charge in [0.25, 0.3) is 0 Å². The summed E-state index contributed by atoms with van der Waals surface area (Å²) < 4.78 is 0. The fourth-order valence-electron chi connectivity index (χ4n) is 0.776. The summed E-state index contributed by atoms with van der Waals surface area (Å²) in [6.45, 7) is 5.46. The molecule has 58 valence electrons. The van der Waals surface area contributed by atoms with E-state index in [1.165, 1.54) is 0 Å². The van der Waals surface area contributed by atoms with Crippen LogP contribution < -0.4 is 0 Å². The minimum Gasteiger partial charge on any atom is -0.342 e. The van der Waals surface area contributed by atoms with Gasteiger partial charge in [0.15, 0.2) is 5.82 Å². The van der Waals surface area contributed by atoms with Crippen molar-refractivity contribution in [3.05, 3.63) is 30.4 Å². The number of H-pyrrole nitrogens is 1. The number of aromatic amines is 1. The van der Waals surface area contributed by atoms with Gasteiger partial charge in [-0.2, -0.15) is 0 Å². The second kappa shape index (κ2) is 3.14. The normalized spacial score (nSPS) is 9.55. The molecule has 3 nitrogen and oxygen atoms in total. The molecule has 0 aliphatic carbocycles. The van der Waals surface area contributed by atoms with Gasteiger partial charge in [0.1, 0.15) is 0 Å². The molecule has 0 fully saturated rings. The molecule has 1 aromatic heterocycles. The molecule has 1 heterocycles. The van der Waals surface area contributed by atoms with E-state index in [1.807, 2.05) is 6.92 Å². The van der Waals surface area contributed by atoms with Crippen molar-refractivity contribution in [1.29, 1.82) is 0 Å². The van der Waals surface area contributed by atoms with Gasteiger partial charge in [-0.05, 0) is 6.92 Å². The highest BCUT2D eigenvalue weighted by Gasteiger charge is 2.06. The van der Waals surface area contributed by atoms with Crippen LogP contribution in [0.1, 0.15) is 24.0 Å². The van der Waals surface area contributed by atoms with Crippen molar-refractivity contribution in [2.45, 2.75) is 13.3 Å². The van der Waals surface area contributed by atoms with Crippen LogP contribution in [0.25, 0.3) is 0 Å². The van der Waals surface area contributed by atoms with E-state index in [9.17, 15) is 4.79 Å². The lowest BCUT2D eigenvalue weighted by Crippen LogP contribution is -2.01. The zero-order valence-corrected chi connectivity index (χ0v) is 6.42. The Morgan fingerprint density at radius 2 is 2.55 bits per heavy atom. The smallest absolute Gasteiger partial charge is 0.202 e. The predicted molar refractivity (Wildman–Crippen MR) is 42.3 cm³/mol. The van der Waals surface area contributed by atoms with Crippen LogP contribution in [0.2, 0.25) is 0 Å². The van der Waals surface area contributed by atoms with E-state index in [4.69, 9.17) is 0 Å². The summed E-state index contributed by atoms with van der Waals surface area (Å²) in [4.78, 5) is 17.7. The molecule has 0 saturated heterocycles. The molecule has 0 bridgehead atoms. The Labute approximate surface area is 65.2 Å². The van der Waals surface area contributed by atoms with Crippen LogP contribution >= 0.6 is 0 Å². The molecule has 0 amide bonds. The highest BCUT2D eigenvalue weighted by atomic mass is 16.1. The number of imidazole rings is 1. The Kier molecular flexibility index (Phi) is 2.21. The Morgan fingerprint density at radius 1 is 1.82 bits per heavy atom. The van der Waals surface area contributed by atoms with Gasteiger partial charge >= 0.3 is 0 Å². The maximum Gasteiger partial charge on any atom is 0.202 e. The number of carbonyl (C=O) groups excluding carboxylic acids is 1. The van der Waals surface area contributed by atoms with Crippen molar-refractivity contribution in [3.8, 4) is 0 Å². The monoisotopic (exact) mass is 150 g/mol. The minimum atomic E-state index is -0.0116. The van der Waals surface area contributed by atoms with Crippen molar-refractivity contribution >= 4 is 5.78 Å². The number of nitrogens with zero attached hydrogens (tertiary/aromatic N) is 1. The van der Waals surface area contributed by atoms with Crippen LogP contribution in [0.15, 0.2) is 24.5 Å². The fourth-order valence-corrected chi connectivity index (χ4v) is 0.776. The van der Waals surface area contributed by atoms with E-state index in [1.54, 1.807) is 12.4 Å². The van der Waals surface area contributed by atoms with Crippen LogP contribution in [0.3, 0.4) is 0 Å². The standard InChI is InChI=1S/C8H10N2O/c1-6(2)5-7(11)8-9-3-4-10-8/h3-4H,1,5H2,2H3,(H,9,10). The molecule has 1 aromatic rings. The summed E-state index contributed by atoms with van der Waals surface area (Å²) >= 11 is 0. The number of allylic oxidation sites excluding steroid dienone is 1. The number of aromatic nitrogens is 2. The highest BCUT2D eigenvalue weighted by molar-refractivity contribution is 5.93. The zero-order chi connectivity index (χ0) is 8.27. The first kappa shape index (κ1) is 7.72. The van der Waals surface area contributed by atoms with Gasteiger partial charge in [-0.1, -0.05) is 12.2 Å². The number of hydrogen-bond acceptors (Lipinski definition) is 2. The quantitative estimate of drug-likeness (QED) is 0.525. The Balaban J connectivity index is 2.64. The summed E-state index contributed by atoms with van der Waals surface area (Å²) in [6, 6.07) is 0. The number of ketones is 1. The lowest BCUT2D eigenvalue weighted by molar-refractivity contribution is 0.0984. The first-order valence-corrected chi connectivity index (χ1v) is 3.37. The van der Waals surface area contributed by atoms with Crippen LogP contribution in [-0.2, 0) is 0 Å². The third-order valence-electron chi connectivity index (χ3n) is 1.22. The minimum absolute atomic E-state index is 0.0116. The summed E-state index contributed by atoms with van der Waals surface area (Å²) in [5.41, 5.74) is 0.853. The van der Waals surface area contributed by atoms with Crippen LogP contribution in [-0.4, -0.2) is 15.8 Å². The van der Waals surface area contributed by atoms with E-state index in [0.717, 1.165) is 5.57 Å². The molecule has 0 atom stereocenters. The first-order chi connectivity index (χ1) is 5.20. The van der Waals surface area contributed by atoms with Crippen LogP contribution in [0.5, 0.6) is 0 Å². The summed E-state index contributed by atoms with van der Waals surface area (Å²) in [5, 5.41) is 0. The average Bonchev–Trinajstić information content (AvgIpc) is 2.35. The zero-order valence-electron chi connectivity index (χ0n) is 6.42. The van der Waals surface area contributed by atoms with Crippen LogP contribution in [0, 0.1) is 0 Å². The van der Waals surface area contributed by atoms with Gasteiger partial charge in [-0.15, -0.1) is 0 Å². The maximum atomic E-state index is 11.2. The number of nitrogens with one attached hydrogen (secondary N) is 1. The molecule has 0 aromatic carbocycles.